The van der Waals surface area contributed by atoms with Crippen molar-refractivity contribution in [3.63, 3.8) is 0 Å². The van der Waals surface area contributed by atoms with E-state index in [1.165, 1.54) is 12.1 Å². The SMILES string of the molecule is Cn1c(Cc2ccc(F)cc2F)nnc1SCC(=O)O. The number of hydrogen-bond acceptors (Lipinski definition) is 4. The maximum absolute atomic E-state index is 13.5. The first-order valence-electron chi connectivity index (χ1n) is 5.64. The van der Waals surface area contributed by atoms with Gasteiger partial charge in [0.1, 0.15) is 17.5 Å². The highest BCUT2D eigenvalue weighted by molar-refractivity contribution is 7.99. The lowest BCUT2D eigenvalue weighted by Gasteiger charge is -2.04. The Labute approximate surface area is 117 Å². The van der Waals surface area contributed by atoms with Crippen LogP contribution in [0.1, 0.15) is 11.4 Å². The number of carbonyl (C=O) groups is 1. The predicted molar refractivity (Wildman–Crippen MR) is 68.5 cm³/mol. The van der Waals surface area contributed by atoms with Crippen molar-refractivity contribution in [1.29, 1.82) is 0 Å². The molecule has 5 nitrogen and oxygen atoms in total. The predicted octanol–water partition coefficient (Wildman–Crippen LogP) is 1.86. The van der Waals surface area contributed by atoms with E-state index in [2.05, 4.69) is 10.2 Å². The molecule has 0 radical (unpaired) electrons. The van der Waals surface area contributed by atoms with Crippen LogP contribution in [0.15, 0.2) is 23.4 Å². The molecule has 0 atom stereocenters. The van der Waals surface area contributed by atoms with Gasteiger partial charge in [-0.2, -0.15) is 0 Å². The van der Waals surface area contributed by atoms with Gasteiger partial charge in [-0.05, 0) is 11.6 Å². The van der Waals surface area contributed by atoms with Crippen LogP contribution in [0.5, 0.6) is 0 Å². The van der Waals surface area contributed by atoms with Crippen LogP contribution in [-0.4, -0.2) is 31.6 Å². The number of benzene rings is 1. The van der Waals surface area contributed by atoms with E-state index in [0.717, 1.165) is 17.8 Å². The Morgan fingerprint density at radius 3 is 2.80 bits per heavy atom. The summed E-state index contributed by atoms with van der Waals surface area (Å²) >= 11 is 1.03. The van der Waals surface area contributed by atoms with Crippen LogP contribution in [-0.2, 0) is 18.3 Å². The molecule has 106 valence electrons. The quantitative estimate of drug-likeness (QED) is 0.854. The zero-order chi connectivity index (χ0) is 14.7. The van der Waals surface area contributed by atoms with Gasteiger partial charge < -0.3 is 9.67 Å². The smallest absolute Gasteiger partial charge is 0.313 e. The number of hydrogen-bond donors (Lipinski definition) is 1. The van der Waals surface area contributed by atoms with Gasteiger partial charge in [0.25, 0.3) is 0 Å². The molecule has 0 aliphatic carbocycles. The molecule has 1 aromatic carbocycles. The second-order valence-corrected chi connectivity index (χ2v) is 5.00. The average molecular weight is 299 g/mol. The molecule has 2 aromatic rings. The third-order valence-electron chi connectivity index (χ3n) is 2.61. The Morgan fingerprint density at radius 1 is 1.40 bits per heavy atom. The van der Waals surface area contributed by atoms with Crippen LogP contribution in [0.25, 0.3) is 0 Å². The number of carboxylic acid groups (broad SMARTS) is 1. The molecule has 0 saturated heterocycles. The summed E-state index contributed by atoms with van der Waals surface area (Å²) in [5, 5.41) is 16.8. The van der Waals surface area contributed by atoms with Crippen molar-refractivity contribution >= 4 is 17.7 Å². The van der Waals surface area contributed by atoms with Gasteiger partial charge in [-0.15, -0.1) is 10.2 Å². The Balaban J connectivity index is 2.15. The summed E-state index contributed by atoms with van der Waals surface area (Å²) < 4.78 is 28.0. The highest BCUT2D eigenvalue weighted by atomic mass is 32.2. The second-order valence-electron chi connectivity index (χ2n) is 4.05. The van der Waals surface area contributed by atoms with Crippen LogP contribution in [0, 0.1) is 11.6 Å². The van der Waals surface area contributed by atoms with Gasteiger partial charge in [0.2, 0.25) is 0 Å². The maximum Gasteiger partial charge on any atom is 0.313 e. The molecule has 20 heavy (non-hydrogen) atoms. The molecule has 1 N–H and O–H groups in total. The van der Waals surface area contributed by atoms with Gasteiger partial charge >= 0.3 is 5.97 Å². The molecular formula is C12H11F2N3O2S. The Morgan fingerprint density at radius 2 is 2.15 bits per heavy atom. The molecule has 2 rings (SSSR count). The fraction of sp³-hybridized carbons (Fsp3) is 0.250. The van der Waals surface area contributed by atoms with Crippen molar-refractivity contribution in [2.45, 2.75) is 11.6 Å². The van der Waals surface area contributed by atoms with E-state index in [-0.39, 0.29) is 12.2 Å². The number of halogens is 2. The summed E-state index contributed by atoms with van der Waals surface area (Å²) in [6.07, 6.45) is 0.156. The number of aliphatic carboxylic acids is 1. The highest BCUT2D eigenvalue weighted by Gasteiger charge is 2.13. The minimum Gasteiger partial charge on any atom is -0.481 e. The number of thioether (sulfide) groups is 1. The largest absolute Gasteiger partial charge is 0.481 e. The zero-order valence-electron chi connectivity index (χ0n) is 10.5. The molecule has 8 heteroatoms. The molecule has 0 amide bonds. The Hall–Kier alpha value is -1.96. The van der Waals surface area contributed by atoms with Crippen molar-refractivity contribution < 1.29 is 18.7 Å². The Kier molecular flexibility index (Phi) is 4.33. The molecule has 0 aliphatic rings. The van der Waals surface area contributed by atoms with Crippen molar-refractivity contribution in [2.75, 3.05) is 5.75 Å². The summed E-state index contributed by atoms with van der Waals surface area (Å²) in [5.74, 6) is -1.89. The monoisotopic (exact) mass is 299 g/mol. The average Bonchev–Trinajstić information content (AvgIpc) is 2.72. The summed E-state index contributed by atoms with van der Waals surface area (Å²) in [6, 6.07) is 3.34. The van der Waals surface area contributed by atoms with Gasteiger partial charge in [0.05, 0.1) is 5.75 Å². The third kappa shape index (κ3) is 3.32. The summed E-state index contributed by atoms with van der Waals surface area (Å²) in [4.78, 5) is 10.5. The molecule has 0 spiro atoms. The summed E-state index contributed by atoms with van der Waals surface area (Å²) in [5.41, 5.74) is 0.302. The first kappa shape index (κ1) is 14.4. The lowest BCUT2D eigenvalue weighted by Crippen LogP contribution is -2.04. The van der Waals surface area contributed by atoms with E-state index in [9.17, 15) is 13.6 Å². The van der Waals surface area contributed by atoms with Crippen molar-refractivity contribution in [3.05, 3.63) is 41.2 Å². The van der Waals surface area contributed by atoms with Crippen LogP contribution >= 0.6 is 11.8 Å². The van der Waals surface area contributed by atoms with Crippen molar-refractivity contribution in [2.24, 2.45) is 7.05 Å². The molecule has 1 aromatic heterocycles. The molecule has 0 aliphatic heterocycles. The second kappa shape index (κ2) is 6.00. The Bertz CT molecular complexity index is 646. The molecule has 0 unspecified atom stereocenters. The molecule has 0 fully saturated rings. The van der Waals surface area contributed by atoms with E-state index in [4.69, 9.17) is 5.11 Å². The summed E-state index contributed by atoms with van der Waals surface area (Å²) in [7, 11) is 1.67. The fourth-order valence-electron chi connectivity index (χ4n) is 1.59. The van der Waals surface area contributed by atoms with Crippen LogP contribution in [0.2, 0.25) is 0 Å². The molecular weight excluding hydrogens is 288 g/mol. The van der Waals surface area contributed by atoms with Crippen LogP contribution < -0.4 is 0 Å². The lowest BCUT2D eigenvalue weighted by atomic mass is 10.1. The standard InChI is InChI=1S/C12H11F2N3O2S/c1-17-10(15-16-12(17)20-6-11(18)19)4-7-2-3-8(13)5-9(7)14/h2-3,5H,4,6H2,1H3,(H,18,19). The number of nitrogens with zero attached hydrogens (tertiary/aromatic N) is 3. The van der Waals surface area contributed by atoms with Gasteiger partial charge in [-0.25, -0.2) is 8.78 Å². The van der Waals surface area contributed by atoms with Gasteiger partial charge in [-0.3, -0.25) is 4.79 Å². The fourth-order valence-corrected chi connectivity index (χ4v) is 2.24. The number of aromatic nitrogens is 3. The third-order valence-corrected chi connectivity index (χ3v) is 3.62. The number of carboxylic acids is 1. The van der Waals surface area contributed by atoms with E-state index in [0.29, 0.717) is 16.5 Å². The van der Waals surface area contributed by atoms with Crippen LogP contribution in [0.4, 0.5) is 8.78 Å². The van der Waals surface area contributed by atoms with E-state index >= 15 is 0 Å². The topological polar surface area (TPSA) is 68.0 Å². The summed E-state index contributed by atoms with van der Waals surface area (Å²) in [6.45, 7) is 0. The van der Waals surface area contributed by atoms with E-state index < -0.39 is 17.6 Å². The minimum atomic E-state index is -0.955. The number of rotatable bonds is 5. The maximum atomic E-state index is 13.5. The van der Waals surface area contributed by atoms with Gasteiger partial charge in [0.15, 0.2) is 5.16 Å². The highest BCUT2D eigenvalue weighted by Crippen LogP contribution is 2.18. The molecule has 0 saturated carbocycles. The molecule has 1 heterocycles. The minimum absolute atomic E-state index is 0.128. The van der Waals surface area contributed by atoms with Crippen molar-refractivity contribution in [1.82, 2.24) is 14.8 Å². The van der Waals surface area contributed by atoms with Crippen LogP contribution in [0.3, 0.4) is 0 Å². The van der Waals surface area contributed by atoms with Gasteiger partial charge in [0, 0.05) is 19.5 Å². The van der Waals surface area contributed by atoms with E-state index in [1.807, 2.05) is 0 Å². The van der Waals surface area contributed by atoms with E-state index in [1.54, 1.807) is 11.6 Å². The molecule has 0 bridgehead atoms. The first-order chi connectivity index (χ1) is 9.47. The van der Waals surface area contributed by atoms with Crippen molar-refractivity contribution in [3.8, 4) is 0 Å². The van der Waals surface area contributed by atoms with Gasteiger partial charge in [-0.1, -0.05) is 17.8 Å². The zero-order valence-corrected chi connectivity index (χ0v) is 11.3. The lowest BCUT2D eigenvalue weighted by molar-refractivity contribution is -0.133. The first-order valence-corrected chi connectivity index (χ1v) is 6.62. The normalized spacial score (nSPS) is 10.8.